The molecule has 132 valence electrons. The lowest BCUT2D eigenvalue weighted by atomic mass is 10.2. The zero-order chi connectivity index (χ0) is 16.8. The molecule has 0 aromatic carbocycles. The Morgan fingerprint density at radius 1 is 1.04 bits per heavy atom. The van der Waals surface area contributed by atoms with Gasteiger partial charge in [0, 0.05) is 52.0 Å². The molecule has 3 heterocycles. The molecule has 3 rings (SSSR count). The van der Waals surface area contributed by atoms with Gasteiger partial charge in [0.05, 0.1) is 0 Å². The number of hydrogen-bond donors (Lipinski definition) is 1. The second-order valence-electron chi connectivity index (χ2n) is 6.87. The zero-order valence-electron chi connectivity index (χ0n) is 14.7. The van der Waals surface area contributed by atoms with Crippen molar-refractivity contribution >= 4 is 11.8 Å². The van der Waals surface area contributed by atoms with E-state index >= 15 is 0 Å². The average Bonchev–Trinajstić information content (AvgIpc) is 2.90. The van der Waals surface area contributed by atoms with E-state index in [1.807, 2.05) is 11.1 Å². The molecule has 0 bridgehead atoms. The molecule has 0 unspecified atom stereocenters. The number of amides is 2. The van der Waals surface area contributed by atoms with Crippen LogP contribution in [0, 0.1) is 0 Å². The van der Waals surface area contributed by atoms with Gasteiger partial charge < -0.3 is 20.0 Å². The van der Waals surface area contributed by atoms with Crippen LogP contribution in [0.3, 0.4) is 0 Å². The lowest BCUT2D eigenvalue weighted by Crippen LogP contribution is -2.44. The van der Waals surface area contributed by atoms with Gasteiger partial charge in [-0.25, -0.2) is 9.78 Å². The van der Waals surface area contributed by atoms with Crippen LogP contribution in [-0.4, -0.2) is 67.1 Å². The van der Waals surface area contributed by atoms with E-state index in [1.165, 1.54) is 12.8 Å². The third kappa shape index (κ3) is 4.60. The third-order valence-electron chi connectivity index (χ3n) is 4.97. The first-order chi connectivity index (χ1) is 11.7. The maximum absolute atomic E-state index is 12.3. The predicted molar refractivity (Wildman–Crippen MR) is 96.2 cm³/mol. The van der Waals surface area contributed by atoms with Crippen LogP contribution in [0.1, 0.15) is 31.2 Å². The standard InChI is InChI=1S/C18H29N5O/c1-21-10-12-22(13-11-21)17-7-6-16(14-19-17)15-20-18(24)23-8-4-2-3-5-9-23/h6-7,14H,2-5,8-13,15H2,1H3,(H,20,24). The van der Waals surface area contributed by atoms with Crippen LogP contribution in [0.4, 0.5) is 10.6 Å². The molecule has 1 aromatic heterocycles. The first kappa shape index (κ1) is 17.0. The Hall–Kier alpha value is -1.82. The van der Waals surface area contributed by atoms with E-state index in [1.54, 1.807) is 0 Å². The normalized spacial score (nSPS) is 19.9. The molecule has 6 nitrogen and oxygen atoms in total. The van der Waals surface area contributed by atoms with E-state index < -0.39 is 0 Å². The number of likely N-dealkylation sites (N-methyl/N-ethyl adjacent to an activating group) is 1. The Kier molecular flexibility index (Phi) is 5.91. The minimum Gasteiger partial charge on any atom is -0.354 e. The number of carbonyl (C=O) groups is 1. The first-order valence-corrected chi connectivity index (χ1v) is 9.13. The summed E-state index contributed by atoms with van der Waals surface area (Å²) >= 11 is 0. The number of rotatable bonds is 3. The molecule has 2 aliphatic heterocycles. The van der Waals surface area contributed by atoms with Crippen molar-refractivity contribution in [2.75, 3.05) is 51.2 Å². The summed E-state index contributed by atoms with van der Waals surface area (Å²) < 4.78 is 0. The number of likely N-dealkylation sites (tertiary alicyclic amines) is 1. The molecule has 0 aliphatic carbocycles. The minimum absolute atomic E-state index is 0.0556. The monoisotopic (exact) mass is 331 g/mol. The van der Waals surface area contributed by atoms with Gasteiger partial charge in [0.2, 0.25) is 0 Å². The second kappa shape index (κ2) is 8.33. The van der Waals surface area contributed by atoms with E-state index in [4.69, 9.17) is 0 Å². The smallest absolute Gasteiger partial charge is 0.317 e. The minimum atomic E-state index is 0.0556. The van der Waals surface area contributed by atoms with Gasteiger partial charge in [0.25, 0.3) is 0 Å². The number of piperazine rings is 1. The SMILES string of the molecule is CN1CCN(c2ccc(CNC(=O)N3CCCCCC3)cn2)CC1. The van der Waals surface area contributed by atoms with E-state index in [9.17, 15) is 4.79 Å². The van der Waals surface area contributed by atoms with Gasteiger partial charge >= 0.3 is 6.03 Å². The number of pyridine rings is 1. The molecule has 0 radical (unpaired) electrons. The van der Waals surface area contributed by atoms with Crippen LogP contribution >= 0.6 is 0 Å². The highest BCUT2D eigenvalue weighted by Gasteiger charge is 2.16. The van der Waals surface area contributed by atoms with E-state index in [2.05, 4.69) is 39.3 Å². The van der Waals surface area contributed by atoms with Gasteiger partial charge in [-0.05, 0) is 31.5 Å². The van der Waals surface area contributed by atoms with Gasteiger partial charge in [-0.15, -0.1) is 0 Å². The fourth-order valence-electron chi connectivity index (χ4n) is 3.31. The van der Waals surface area contributed by atoms with Crippen molar-refractivity contribution in [3.8, 4) is 0 Å². The fraction of sp³-hybridized carbons (Fsp3) is 0.667. The summed E-state index contributed by atoms with van der Waals surface area (Å²) in [5.74, 6) is 1.03. The predicted octanol–water partition coefficient (Wildman–Crippen LogP) is 1.92. The highest BCUT2D eigenvalue weighted by Crippen LogP contribution is 2.14. The zero-order valence-corrected chi connectivity index (χ0v) is 14.7. The average molecular weight is 331 g/mol. The summed E-state index contributed by atoms with van der Waals surface area (Å²) in [6.45, 7) is 6.51. The van der Waals surface area contributed by atoms with Crippen LogP contribution in [0.15, 0.2) is 18.3 Å². The van der Waals surface area contributed by atoms with Crippen LogP contribution < -0.4 is 10.2 Å². The van der Waals surface area contributed by atoms with Crippen molar-refractivity contribution in [1.29, 1.82) is 0 Å². The number of aromatic nitrogens is 1. The Bertz CT molecular complexity index is 517. The van der Waals surface area contributed by atoms with Crippen molar-refractivity contribution in [2.45, 2.75) is 32.2 Å². The molecular weight excluding hydrogens is 302 g/mol. The van der Waals surface area contributed by atoms with Crippen molar-refractivity contribution in [2.24, 2.45) is 0 Å². The Labute approximate surface area is 144 Å². The van der Waals surface area contributed by atoms with Crippen LogP contribution in [0.25, 0.3) is 0 Å². The van der Waals surface area contributed by atoms with Gasteiger partial charge in [-0.2, -0.15) is 0 Å². The maximum atomic E-state index is 12.3. The molecule has 2 fully saturated rings. The Balaban J connectivity index is 1.48. The fourth-order valence-corrected chi connectivity index (χ4v) is 3.31. The molecule has 0 saturated carbocycles. The van der Waals surface area contributed by atoms with Crippen LogP contribution in [-0.2, 0) is 6.54 Å². The quantitative estimate of drug-likeness (QED) is 0.919. The topological polar surface area (TPSA) is 51.7 Å². The summed E-state index contributed by atoms with van der Waals surface area (Å²) in [6.07, 6.45) is 6.60. The highest BCUT2D eigenvalue weighted by molar-refractivity contribution is 5.74. The summed E-state index contributed by atoms with van der Waals surface area (Å²) in [5.41, 5.74) is 1.05. The largest absolute Gasteiger partial charge is 0.354 e. The highest BCUT2D eigenvalue weighted by atomic mass is 16.2. The number of carbonyl (C=O) groups excluding carboxylic acids is 1. The summed E-state index contributed by atoms with van der Waals surface area (Å²) in [4.78, 5) is 23.4. The summed E-state index contributed by atoms with van der Waals surface area (Å²) in [6, 6.07) is 4.20. The molecule has 1 aromatic rings. The number of nitrogens with one attached hydrogen (secondary N) is 1. The molecule has 2 amide bonds. The Morgan fingerprint density at radius 2 is 1.75 bits per heavy atom. The van der Waals surface area contributed by atoms with Crippen LogP contribution in [0.5, 0.6) is 0 Å². The Morgan fingerprint density at radius 3 is 2.38 bits per heavy atom. The lowest BCUT2D eigenvalue weighted by Gasteiger charge is -2.33. The van der Waals surface area contributed by atoms with Crippen molar-refractivity contribution in [1.82, 2.24) is 20.1 Å². The lowest BCUT2D eigenvalue weighted by molar-refractivity contribution is 0.199. The number of hydrogen-bond acceptors (Lipinski definition) is 4. The number of nitrogens with zero attached hydrogens (tertiary/aromatic N) is 4. The number of urea groups is 1. The first-order valence-electron chi connectivity index (χ1n) is 9.13. The second-order valence-corrected chi connectivity index (χ2v) is 6.87. The van der Waals surface area contributed by atoms with Crippen molar-refractivity contribution in [3.63, 3.8) is 0 Å². The maximum Gasteiger partial charge on any atom is 0.317 e. The molecule has 2 aliphatic rings. The molecule has 24 heavy (non-hydrogen) atoms. The van der Waals surface area contributed by atoms with E-state index in [0.717, 1.165) is 63.5 Å². The third-order valence-corrected chi connectivity index (χ3v) is 4.97. The van der Waals surface area contributed by atoms with Crippen molar-refractivity contribution in [3.05, 3.63) is 23.9 Å². The van der Waals surface area contributed by atoms with E-state index in [0.29, 0.717) is 6.54 Å². The molecular formula is C18H29N5O. The molecule has 1 N–H and O–H groups in total. The van der Waals surface area contributed by atoms with Gasteiger partial charge in [-0.1, -0.05) is 18.9 Å². The van der Waals surface area contributed by atoms with Crippen molar-refractivity contribution < 1.29 is 4.79 Å². The van der Waals surface area contributed by atoms with Gasteiger partial charge in [0.1, 0.15) is 5.82 Å². The van der Waals surface area contributed by atoms with Gasteiger partial charge in [0.15, 0.2) is 0 Å². The molecule has 2 saturated heterocycles. The van der Waals surface area contributed by atoms with Crippen LogP contribution in [0.2, 0.25) is 0 Å². The van der Waals surface area contributed by atoms with Gasteiger partial charge in [-0.3, -0.25) is 0 Å². The summed E-state index contributed by atoms with van der Waals surface area (Å²) in [7, 11) is 2.15. The molecule has 0 spiro atoms. The number of anilines is 1. The molecule has 0 atom stereocenters. The molecule has 6 heteroatoms. The summed E-state index contributed by atoms with van der Waals surface area (Å²) in [5, 5.41) is 3.03. The van der Waals surface area contributed by atoms with E-state index in [-0.39, 0.29) is 6.03 Å².